The Kier molecular flexibility index (Phi) is 4.84. The Labute approximate surface area is 172 Å². The number of rotatable bonds is 4. The number of carbonyl (C=O) groups is 1. The molecule has 28 heavy (non-hydrogen) atoms. The van der Waals surface area contributed by atoms with Gasteiger partial charge < -0.3 is 4.90 Å². The Morgan fingerprint density at radius 3 is 2.68 bits per heavy atom. The van der Waals surface area contributed by atoms with Crippen LogP contribution in [0.4, 0.5) is 0 Å². The van der Waals surface area contributed by atoms with Gasteiger partial charge in [0.2, 0.25) is 0 Å². The molecular weight excluding hydrogens is 386 g/mol. The van der Waals surface area contributed by atoms with E-state index in [9.17, 15) is 4.79 Å². The van der Waals surface area contributed by atoms with Crippen molar-refractivity contribution >= 4 is 34.3 Å². The molecule has 2 atom stereocenters. The van der Waals surface area contributed by atoms with Gasteiger partial charge >= 0.3 is 0 Å². The number of fused-ring (bicyclic) bond motifs is 1. The van der Waals surface area contributed by atoms with Gasteiger partial charge in [0.1, 0.15) is 6.54 Å². The van der Waals surface area contributed by atoms with Crippen LogP contribution in [0.1, 0.15) is 33.3 Å². The quantitative estimate of drug-likeness (QED) is 0.708. The second-order valence-corrected chi connectivity index (χ2v) is 9.30. The van der Waals surface area contributed by atoms with E-state index >= 15 is 0 Å². The summed E-state index contributed by atoms with van der Waals surface area (Å²) in [6.07, 6.45) is 1.84. The van der Waals surface area contributed by atoms with E-state index in [4.69, 9.17) is 5.10 Å². The van der Waals surface area contributed by atoms with Gasteiger partial charge in [0.25, 0.3) is 5.91 Å². The van der Waals surface area contributed by atoms with E-state index < -0.39 is 0 Å². The van der Waals surface area contributed by atoms with Gasteiger partial charge in [-0.25, -0.2) is 5.01 Å². The van der Waals surface area contributed by atoms with Crippen molar-refractivity contribution in [1.29, 1.82) is 0 Å². The van der Waals surface area contributed by atoms with Gasteiger partial charge in [-0.15, -0.1) is 22.7 Å². The van der Waals surface area contributed by atoms with E-state index in [2.05, 4.69) is 53.2 Å². The normalized spacial score (nSPS) is 21.4. The number of benzene rings is 1. The first-order valence-corrected chi connectivity index (χ1v) is 11.4. The summed E-state index contributed by atoms with van der Waals surface area (Å²) in [4.78, 5) is 17.0. The Morgan fingerprint density at radius 2 is 1.89 bits per heavy atom. The molecule has 1 N–H and O–H groups in total. The van der Waals surface area contributed by atoms with E-state index in [1.807, 2.05) is 6.07 Å². The Morgan fingerprint density at radius 1 is 1.07 bits per heavy atom. The van der Waals surface area contributed by atoms with Crippen LogP contribution in [0.2, 0.25) is 0 Å². The van der Waals surface area contributed by atoms with Crippen LogP contribution >= 0.6 is 22.7 Å². The van der Waals surface area contributed by atoms with Crippen LogP contribution in [0.15, 0.2) is 64.4 Å². The first-order valence-electron chi connectivity index (χ1n) is 9.65. The van der Waals surface area contributed by atoms with Crippen molar-refractivity contribution in [3.63, 3.8) is 0 Å². The van der Waals surface area contributed by atoms with Crippen molar-refractivity contribution < 1.29 is 9.69 Å². The lowest BCUT2D eigenvalue weighted by Crippen LogP contribution is -3.12. The van der Waals surface area contributed by atoms with Gasteiger partial charge in [0.05, 0.1) is 23.2 Å². The molecule has 0 saturated heterocycles. The highest BCUT2D eigenvalue weighted by Crippen LogP contribution is 2.35. The number of amides is 1. The summed E-state index contributed by atoms with van der Waals surface area (Å²) in [6.45, 7) is 2.42. The molecule has 0 fully saturated rings. The lowest BCUT2D eigenvalue weighted by molar-refractivity contribution is -0.908. The zero-order chi connectivity index (χ0) is 18.9. The third-order valence-corrected chi connectivity index (χ3v) is 7.44. The van der Waals surface area contributed by atoms with Crippen LogP contribution in [0.25, 0.3) is 0 Å². The number of thiophene rings is 2. The first kappa shape index (κ1) is 17.8. The molecule has 4 nitrogen and oxygen atoms in total. The first-order chi connectivity index (χ1) is 13.8. The van der Waals surface area contributed by atoms with Crippen LogP contribution in [0.3, 0.4) is 0 Å². The lowest BCUT2D eigenvalue weighted by Gasteiger charge is -2.27. The molecule has 142 valence electrons. The monoisotopic (exact) mass is 408 g/mol. The van der Waals surface area contributed by atoms with Crippen molar-refractivity contribution in [1.82, 2.24) is 5.01 Å². The molecule has 2 aromatic heterocycles. The molecule has 0 bridgehead atoms. The molecule has 0 aliphatic carbocycles. The maximum Gasteiger partial charge on any atom is 0.298 e. The second-order valence-electron chi connectivity index (χ2n) is 7.37. The van der Waals surface area contributed by atoms with Gasteiger partial charge in [-0.1, -0.05) is 36.4 Å². The zero-order valence-corrected chi connectivity index (χ0v) is 17.1. The zero-order valence-electron chi connectivity index (χ0n) is 15.5. The van der Waals surface area contributed by atoms with Gasteiger partial charge in [0, 0.05) is 23.3 Å². The van der Waals surface area contributed by atoms with Crippen LogP contribution in [0, 0.1) is 0 Å². The van der Waals surface area contributed by atoms with Crippen LogP contribution in [-0.4, -0.2) is 29.7 Å². The van der Waals surface area contributed by atoms with E-state index in [1.165, 1.54) is 20.9 Å². The van der Waals surface area contributed by atoms with Gasteiger partial charge in [-0.2, -0.15) is 5.10 Å². The number of nitrogens with zero attached hydrogens (tertiary/aromatic N) is 2. The van der Waals surface area contributed by atoms with Crippen molar-refractivity contribution in [3.05, 3.63) is 80.2 Å². The maximum atomic E-state index is 13.3. The Balaban J connectivity index is 1.36. The minimum absolute atomic E-state index is 0.0288. The molecule has 2 aliphatic heterocycles. The van der Waals surface area contributed by atoms with Gasteiger partial charge in [-0.05, 0) is 28.5 Å². The van der Waals surface area contributed by atoms with Crippen LogP contribution in [-0.2, 0) is 17.8 Å². The summed E-state index contributed by atoms with van der Waals surface area (Å²) in [5.74, 6) is 0.124. The fourth-order valence-corrected chi connectivity index (χ4v) is 5.66. The molecule has 3 aromatic rings. The average Bonchev–Trinajstić information content (AvgIpc) is 3.48. The van der Waals surface area contributed by atoms with Crippen LogP contribution < -0.4 is 4.90 Å². The summed E-state index contributed by atoms with van der Waals surface area (Å²) >= 11 is 3.40. The molecule has 2 aliphatic rings. The fourth-order valence-electron chi connectivity index (χ4n) is 4.12. The number of quaternary nitrogens is 1. The largest absolute Gasteiger partial charge is 0.323 e. The summed E-state index contributed by atoms with van der Waals surface area (Å²) in [5.41, 5.74) is 3.82. The van der Waals surface area contributed by atoms with Crippen molar-refractivity contribution in [3.8, 4) is 0 Å². The highest BCUT2D eigenvalue weighted by Gasteiger charge is 2.36. The minimum Gasteiger partial charge on any atom is -0.323 e. The second kappa shape index (κ2) is 7.62. The standard InChI is InChI=1S/C22H21N3OS2/c26-22(15-24-10-9-16-5-1-2-6-17(16)14-24)25-19(21-8-4-12-28-21)13-18(23-25)20-7-3-11-27-20/h1-8,11-12,19H,9-10,13-15H2/p+1/t19-/m1/s1. The van der Waals surface area contributed by atoms with E-state index in [-0.39, 0.29) is 11.9 Å². The predicted molar refractivity (Wildman–Crippen MR) is 114 cm³/mol. The molecular formula is C22H22N3OS2+. The third-order valence-electron chi connectivity index (χ3n) is 5.55. The van der Waals surface area contributed by atoms with E-state index in [0.717, 1.165) is 36.5 Å². The maximum absolute atomic E-state index is 13.3. The van der Waals surface area contributed by atoms with Crippen LogP contribution in [0.5, 0.6) is 0 Å². The minimum atomic E-state index is 0.0288. The molecule has 5 rings (SSSR count). The van der Waals surface area contributed by atoms with Crippen molar-refractivity contribution in [2.24, 2.45) is 5.10 Å². The molecule has 1 unspecified atom stereocenters. The number of hydrogen-bond acceptors (Lipinski definition) is 4. The Bertz CT molecular complexity index is 995. The Hall–Kier alpha value is -2.28. The molecule has 0 saturated carbocycles. The summed E-state index contributed by atoms with van der Waals surface area (Å²) in [5, 5.41) is 10.7. The third kappa shape index (κ3) is 3.43. The van der Waals surface area contributed by atoms with Gasteiger partial charge in [-0.3, -0.25) is 4.79 Å². The molecule has 1 amide bonds. The SMILES string of the molecule is O=C(C[NH+]1CCc2ccccc2C1)N1N=C(c2cccs2)C[C@@H]1c1cccs1. The van der Waals surface area contributed by atoms with Crippen molar-refractivity contribution in [2.75, 3.05) is 13.1 Å². The number of nitrogens with one attached hydrogen (secondary N) is 1. The highest BCUT2D eigenvalue weighted by atomic mass is 32.1. The molecule has 4 heterocycles. The topological polar surface area (TPSA) is 37.1 Å². The van der Waals surface area contributed by atoms with Gasteiger partial charge in [0.15, 0.2) is 6.54 Å². The molecule has 0 spiro atoms. The predicted octanol–water partition coefficient (Wildman–Crippen LogP) is 3.13. The number of hydrogen-bond donors (Lipinski definition) is 1. The van der Waals surface area contributed by atoms with E-state index in [0.29, 0.717) is 6.54 Å². The number of carbonyl (C=O) groups excluding carboxylic acids is 1. The fraction of sp³-hybridized carbons (Fsp3) is 0.273. The molecule has 0 radical (unpaired) electrons. The average molecular weight is 409 g/mol. The number of hydrazone groups is 1. The smallest absolute Gasteiger partial charge is 0.298 e. The lowest BCUT2D eigenvalue weighted by atomic mass is 10.00. The molecule has 6 heteroatoms. The van der Waals surface area contributed by atoms with E-state index in [1.54, 1.807) is 27.7 Å². The summed E-state index contributed by atoms with van der Waals surface area (Å²) in [7, 11) is 0. The summed E-state index contributed by atoms with van der Waals surface area (Å²) < 4.78 is 0. The highest BCUT2D eigenvalue weighted by molar-refractivity contribution is 7.12. The summed E-state index contributed by atoms with van der Waals surface area (Å²) in [6, 6.07) is 16.9. The van der Waals surface area contributed by atoms with Crippen molar-refractivity contribution in [2.45, 2.75) is 25.4 Å². The molecule has 1 aromatic carbocycles.